The molecule has 0 aliphatic rings. The van der Waals surface area contributed by atoms with Gasteiger partial charge in [0.05, 0.1) is 0 Å². The lowest BCUT2D eigenvalue weighted by Crippen LogP contribution is -2.40. The van der Waals surface area contributed by atoms with E-state index in [1.54, 1.807) is 29.6 Å². The molecule has 0 aromatic heterocycles. The number of ether oxygens (including phenoxy) is 1. The fourth-order valence-corrected chi connectivity index (χ4v) is 0.938. The van der Waals surface area contributed by atoms with Crippen LogP contribution in [0.1, 0.15) is 5.56 Å². The number of aliphatic hydroxyl groups excluding tert-OH is 1. The summed E-state index contributed by atoms with van der Waals surface area (Å²) in [5.41, 5.74) is 0.766. The maximum atomic E-state index is 11.0. The number of alkyl carbamates (subject to hydrolysis) is 1. The molecule has 7 heteroatoms. The number of hydrogen-bond donors (Lipinski definition) is 3. The van der Waals surface area contributed by atoms with Crippen molar-refractivity contribution in [2.45, 2.75) is 12.8 Å². The minimum atomic E-state index is -1.96. The van der Waals surface area contributed by atoms with Gasteiger partial charge in [-0.15, -0.1) is 12.4 Å². The van der Waals surface area contributed by atoms with E-state index < -0.39 is 18.3 Å². The molecule has 1 aromatic carbocycles. The summed E-state index contributed by atoms with van der Waals surface area (Å²) in [6.45, 7) is 0.0129. The number of benzene rings is 1. The number of nitrogens with one attached hydrogen (secondary N) is 1. The summed E-state index contributed by atoms with van der Waals surface area (Å²) in [7, 11) is 0. The van der Waals surface area contributed by atoms with Crippen molar-refractivity contribution in [1.82, 2.24) is 5.32 Å². The number of aliphatic hydroxyl groups is 1. The molecule has 3 N–H and O–H groups in total. The Hall–Kier alpha value is -1.79. The van der Waals surface area contributed by atoms with Crippen molar-refractivity contribution in [1.29, 1.82) is 0 Å². The van der Waals surface area contributed by atoms with E-state index in [4.69, 9.17) is 10.2 Å². The molecule has 0 fully saturated rings. The first kappa shape index (κ1) is 15.2. The third kappa shape index (κ3) is 5.74. The Morgan fingerprint density at radius 2 is 1.88 bits per heavy atom. The van der Waals surface area contributed by atoms with Crippen molar-refractivity contribution in [3.8, 4) is 0 Å². The van der Waals surface area contributed by atoms with Crippen molar-refractivity contribution in [2.24, 2.45) is 0 Å². The van der Waals surface area contributed by atoms with Crippen molar-refractivity contribution < 1.29 is 24.5 Å². The number of rotatable bonds is 4. The first-order chi connectivity index (χ1) is 7.59. The Kier molecular flexibility index (Phi) is 6.69. The van der Waals surface area contributed by atoms with Crippen LogP contribution in [0.3, 0.4) is 0 Å². The van der Waals surface area contributed by atoms with E-state index in [1.165, 1.54) is 0 Å². The van der Waals surface area contributed by atoms with Gasteiger partial charge in [0.1, 0.15) is 6.61 Å². The summed E-state index contributed by atoms with van der Waals surface area (Å²) in [6.07, 6.45) is -2.94. The number of carbonyl (C=O) groups is 2. The lowest BCUT2D eigenvalue weighted by Gasteiger charge is -2.08. The van der Waals surface area contributed by atoms with Crippen molar-refractivity contribution in [3.05, 3.63) is 35.9 Å². The van der Waals surface area contributed by atoms with E-state index in [1.807, 2.05) is 6.07 Å². The van der Waals surface area contributed by atoms with Gasteiger partial charge in [-0.05, 0) is 5.56 Å². The Morgan fingerprint density at radius 3 is 2.41 bits per heavy atom. The second kappa shape index (κ2) is 7.48. The maximum Gasteiger partial charge on any atom is 0.409 e. The van der Waals surface area contributed by atoms with Crippen LogP contribution in [0.15, 0.2) is 30.3 Å². The van der Waals surface area contributed by atoms with E-state index in [9.17, 15) is 9.59 Å². The van der Waals surface area contributed by atoms with Crippen LogP contribution in [-0.4, -0.2) is 28.5 Å². The van der Waals surface area contributed by atoms with E-state index in [0.29, 0.717) is 0 Å². The highest BCUT2D eigenvalue weighted by molar-refractivity contribution is 5.85. The van der Waals surface area contributed by atoms with Gasteiger partial charge in [-0.2, -0.15) is 0 Å². The Bertz CT molecular complexity index is 370. The normalized spacial score (nSPS) is 10.9. The van der Waals surface area contributed by atoms with Gasteiger partial charge in [0.25, 0.3) is 0 Å². The number of amides is 1. The molecule has 1 atom stereocenters. The van der Waals surface area contributed by atoms with Crippen LogP contribution in [0.5, 0.6) is 0 Å². The van der Waals surface area contributed by atoms with Crippen LogP contribution in [0, 0.1) is 0 Å². The Balaban J connectivity index is 0.00000256. The lowest BCUT2D eigenvalue weighted by molar-refractivity contribution is -0.148. The standard InChI is InChI=1S/C10H11NO5.ClH/c12-8(9(13)14)11-10(15)16-6-7-4-2-1-3-5-7;/h1-5,8,12H,6H2,(H,11,15)(H,13,14);1H. The number of carboxylic acid groups (broad SMARTS) is 1. The number of halogens is 1. The highest BCUT2D eigenvalue weighted by Crippen LogP contribution is 2.00. The smallest absolute Gasteiger partial charge is 0.409 e. The van der Waals surface area contributed by atoms with Crippen LogP contribution < -0.4 is 5.32 Å². The average Bonchev–Trinajstić information content (AvgIpc) is 2.27. The molecule has 0 radical (unpaired) electrons. The van der Waals surface area contributed by atoms with E-state index >= 15 is 0 Å². The fraction of sp³-hybridized carbons (Fsp3) is 0.200. The van der Waals surface area contributed by atoms with Crippen LogP contribution in [0.2, 0.25) is 0 Å². The Labute approximate surface area is 104 Å². The zero-order valence-electron chi connectivity index (χ0n) is 8.70. The molecule has 1 unspecified atom stereocenters. The molecule has 0 saturated heterocycles. The quantitative estimate of drug-likeness (QED) is 0.695. The molecule has 1 rings (SSSR count). The molecule has 0 bridgehead atoms. The molecule has 0 aliphatic heterocycles. The van der Waals surface area contributed by atoms with Crippen molar-refractivity contribution in [2.75, 3.05) is 0 Å². The summed E-state index contributed by atoms with van der Waals surface area (Å²) < 4.78 is 4.68. The number of hydrogen-bond acceptors (Lipinski definition) is 4. The number of aliphatic carboxylic acids is 1. The van der Waals surface area contributed by atoms with Crippen molar-refractivity contribution >= 4 is 24.5 Å². The monoisotopic (exact) mass is 261 g/mol. The summed E-state index contributed by atoms with van der Waals surface area (Å²) in [5, 5.41) is 18.8. The van der Waals surface area contributed by atoms with Gasteiger partial charge in [-0.25, -0.2) is 9.59 Å². The fourth-order valence-electron chi connectivity index (χ4n) is 0.938. The maximum absolute atomic E-state index is 11.0. The largest absolute Gasteiger partial charge is 0.478 e. The minimum Gasteiger partial charge on any atom is -0.478 e. The molecule has 0 saturated carbocycles. The average molecular weight is 262 g/mol. The minimum absolute atomic E-state index is 0. The molecule has 1 amide bonds. The predicted molar refractivity (Wildman–Crippen MR) is 60.7 cm³/mol. The molecule has 0 heterocycles. The highest BCUT2D eigenvalue weighted by atomic mass is 35.5. The van der Waals surface area contributed by atoms with E-state index in [2.05, 4.69) is 4.74 Å². The summed E-state index contributed by atoms with van der Waals surface area (Å²) >= 11 is 0. The van der Waals surface area contributed by atoms with Crippen LogP contribution in [-0.2, 0) is 16.1 Å². The zero-order valence-corrected chi connectivity index (χ0v) is 9.52. The second-order valence-electron chi connectivity index (χ2n) is 2.95. The van der Waals surface area contributed by atoms with Crippen molar-refractivity contribution in [3.63, 3.8) is 0 Å². The third-order valence-corrected chi connectivity index (χ3v) is 1.70. The highest BCUT2D eigenvalue weighted by Gasteiger charge is 2.16. The molecule has 17 heavy (non-hydrogen) atoms. The van der Waals surface area contributed by atoms with Crippen LogP contribution in [0.4, 0.5) is 4.79 Å². The van der Waals surface area contributed by atoms with Gasteiger partial charge < -0.3 is 14.9 Å². The summed E-state index contributed by atoms with van der Waals surface area (Å²) in [6, 6.07) is 8.88. The number of carbonyl (C=O) groups excluding carboxylic acids is 1. The van der Waals surface area contributed by atoms with Gasteiger partial charge >= 0.3 is 12.1 Å². The molecule has 1 aromatic rings. The summed E-state index contributed by atoms with van der Waals surface area (Å²) in [5.74, 6) is -1.54. The molecular weight excluding hydrogens is 250 g/mol. The van der Waals surface area contributed by atoms with Gasteiger partial charge in [-0.1, -0.05) is 30.3 Å². The molecule has 6 nitrogen and oxygen atoms in total. The molecule has 0 spiro atoms. The zero-order chi connectivity index (χ0) is 12.0. The van der Waals surface area contributed by atoms with Gasteiger partial charge in [-0.3, -0.25) is 5.32 Å². The molecular formula is C10H12ClNO5. The van der Waals surface area contributed by atoms with E-state index in [0.717, 1.165) is 5.56 Å². The third-order valence-electron chi connectivity index (χ3n) is 1.70. The van der Waals surface area contributed by atoms with Gasteiger partial charge in [0.2, 0.25) is 6.23 Å². The first-order valence-electron chi connectivity index (χ1n) is 4.47. The number of carboxylic acids is 1. The van der Waals surface area contributed by atoms with Crippen LogP contribution >= 0.6 is 12.4 Å². The van der Waals surface area contributed by atoms with Crippen LogP contribution in [0.25, 0.3) is 0 Å². The molecule has 0 aliphatic carbocycles. The van der Waals surface area contributed by atoms with E-state index in [-0.39, 0.29) is 19.0 Å². The molecule has 94 valence electrons. The Morgan fingerprint density at radius 1 is 1.29 bits per heavy atom. The topological polar surface area (TPSA) is 95.9 Å². The predicted octanol–water partition coefficient (Wildman–Crippen LogP) is 0.738. The SMILES string of the molecule is Cl.O=C(NC(O)C(=O)O)OCc1ccccc1. The second-order valence-corrected chi connectivity index (χ2v) is 2.95. The van der Waals surface area contributed by atoms with Gasteiger partial charge in [0, 0.05) is 0 Å². The lowest BCUT2D eigenvalue weighted by atomic mass is 10.2. The summed E-state index contributed by atoms with van der Waals surface area (Å²) in [4.78, 5) is 21.2. The first-order valence-corrected chi connectivity index (χ1v) is 4.47. The van der Waals surface area contributed by atoms with Gasteiger partial charge in [0.15, 0.2) is 0 Å².